The van der Waals surface area contributed by atoms with Crippen molar-refractivity contribution in [2.45, 2.75) is 235 Å². The van der Waals surface area contributed by atoms with Crippen molar-refractivity contribution in [3.63, 3.8) is 0 Å². The molecule has 2 saturated heterocycles. The Hall–Kier alpha value is -2.78. The zero-order valence-electron chi connectivity index (χ0n) is 52.9. The molecule has 1 aliphatic carbocycles. The number of hydrogen-bond donors (Lipinski definition) is 1. The van der Waals surface area contributed by atoms with E-state index >= 15 is 14.4 Å². The van der Waals surface area contributed by atoms with Crippen LogP contribution in [0.5, 0.6) is 0 Å². The zero-order chi connectivity index (χ0) is 59.1. The van der Waals surface area contributed by atoms with Gasteiger partial charge in [-0.15, -0.1) is 6.58 Å². The van der Waals surface area contributed by atoms with E-state index in [4.69, 9.17) is 33.2 Å². The molecule has 1 N–H and O–H groups in total. The number of Topliss-reactive ketones (excluding diaryl/α,β-unsaturated/α-hetero) is 2. The summed E-state index contributed by atoms with van der Waals surface area (Å²) in [5, 5.41) is 12.5. The Morgan fingerprint density at radius 3 is 2.04 bits per heavy atom. The van der Waals surface area contributed by atoms with Gasteiger partial charge in [0, 0.05) is 532 Å². The number of ketones is 2. The van der Waals surface area contributed by atoms with Crippen LogP contribution in [0.2, 0.25) is 0 Å². The minimum atomic E-state index is -2.89. The quantitative estimate of drug-likeness (QED) is 0.112. The van der Waals surface area contributed by atoms with Crippen LogP contribution < -0.4 is 0 Å². The van der Waals surface area contributed by atoms with Crippen molar-refractivity contribution in [3.05, 3.63) is 35.5 Å². The lowest BCUT2D eigenvalue weighted by Crippen LogP contribution is -2.68. The number of nitrogens with zero attached hydrogens (tertiary/aromatic N) is 1. The van der Waals surface area contributed by atoms with E-state index in [0.717, 1.165) is 11.1 Å². The molecular weight excluding hydrogens is 939 g/mol. The van der Waals surface area contributed by atoms with Crippen LogP contribution in [0.1, 0.15) is 646 Å². The van der Waals surface area contributed by atoms with E-state index in [1.165, 1.54) is 21.0 Å². The first-order valence-corrected chi connectivity index (χ1v) is 27.7. The lowest BCUT2D eigenvalue weighted by molar-refractivity contribution is -0.317. The van der Waals surface area contributed by atoms with Crippen molar-refractivity contribution < 1.29 is 534 Å². The fraction of sp³-hybridized carbons (Fsp3) is 0.836. The molecule has 5 unspecified atom stereocenters. The van der Waals surface area contributed by atoms with Gasteiger partial charge in [-0.05, 0) is 139 Å². The summed E-state index contributed by atoms with van der Waals surface area (Å²) in [4.78, 5) is 62.9. The number of ether oxygens (including phenoxy) is 7. The van der Waals surface area contributed by atoms with E-state index < -0.39 is 113 Å². The van der Waals surface area contributed by atoms with Crippen LogP contribution in [0.3, 0.4) is 0 Å². The fourth-order valence-corrected chi connectivity index (χ4v) is 13.0. The van der Waals surface area contributed by atoms with E-state index in [9.17, 15) is 14.0 Å². The molecule has 13 heteroatoms. The molecule has 2 bridgehead atoms. The van der Waals surface area contributed by atoms with Gasteiger partial charge >= 0.3 is 5.97 Å². The highest BCUT2D eigenvalue weighted by Crippen LogP contribution is 2.51. The van der Waals surface area contributed by atoms with Gasteiger partial charge in [-0.3, -0.25) is 14.4 Å². The largest absolute Gasteiger partial charge is 0.456 e. The average molecular weight is 1710 g/mol. The molecule has 74 heavy (non-hydrogen) atoms. The topological polar surface area (TPSA) is 156 Å². The van der Waals surface area contributed by atoms with Gasteiger partial charge in [0.25, 0.3) is 11.7 Å². The molecule has 1086 valence electrons. The molecule has 19 atom stereocenters. The van der Waals surface area contributed by atoms with E-state index in [1.54, 1.807) is 48.2 Å². The number of cyclic esters (lactones) is 1. The van der Waals surface area contributed by atoms with E-state index in [1.807, 2.05) is 55.4 Å². The Balaban J connectivity index is -0.000000000593. The standard InChI is InChI=1S/C61H103NO12.331H2/c1-24-26-46-39(11)37(9)36(8)38(10)40(12)53(69-21)54-51(68-20)31-45(25-2)61(71-23,74-54)55(65)56(66)62-43(15)58(16,17)35(7)29-48(62)57(67)72-52(41(13)49(63)32-50(46)64)47(33(3)4)30-44-27-28-59(18,70-22)60(19,42(44)14)73-34(5)6;;;;;;;;;;;;;;;;;;;;;;;;;;;;;;;;;;;;;;;;;;;;;;;;;;;;;;;;;;;;;;;;;;;;;;;;;;;;;;;;;;;;;;;;;;;;;;;;;;;;;;;;;;;;;;;;;;;;;;;;;;;;;;;;;;;;;;;;;;;;;;;;;;;;;;;;;;;;;;;;;;;;;;;;;;;;;;;;;;;;;;;;;;;;;;;;;;;;;;;;;;;;;;;;;;;;;;;;;;;;;;;;;;;;;;;;;;;;;;;;;;;;;;;;;;;;;;;;;;;;;;;;;;;;;;;;;;;;;;;;;;;;;;;;;;;;;;;;;;;;;;;;;;;;;;;;;;;;;;;;;;;;;;;;;;;/h24,30,33-36,38,40-46,48-49,51-54,63H,1,25-29,31-32H2,2-23H3;331*1H/b39-37?,47-30+;;;;;;;;;;;;;;;;;;;;;;;;;;;;;;;;;;;;;;;;;;;;;;;;;;;;;;;;;;;;;;;;;;;;;;;;;;;;;;;;;;;;;;;;;;;;;;;;;;;;;;;;;;;;;;;;;;;;;;;;;;;;;;;;;;;;;;;;;;;;;;;;;;;;;;;;;;;;;;;;;;;;;;;;;;;;;;;;;;;;;;;;;;;;;;;;;;;;;;;;;;;;;;;;;;;;;;;;;;;;;;;;;;;;;;;;;;;;;;;;;;;;;;;;;;;;;;;;;;;;;;;;;;;;;;;;;;;;;;;;;;;;;;;;;;;;;;;;;;;;;;;;;;;;;;;;;;;;;;;;;;;;;;;;;;;/t35?,36?,38-,40?,41+,42?,43?,44-,45+,46+,48-,49-,51-,52-,53-,54-,59+,60+,61+;;;;;;;;;;;;;;;;;;;;;;;;;;;;;;;;;;;;;;;;;;;;;;;;;;;;;;;;;;;;;;;;;;;;;;;;;;;;;;;;;;;;;;;;;;;;;;;;;;;;;;;;;;;;;;;;;;;;;;;;;;;;;;;;;;;;;;;;;;;;;;;;;;;;;;;;;;;;;;;;;;;;;;;;;;;;;;;;;;;;;;;;;;;;;;;;;;;;;;;;;;;;;;;;;;;;;;;;;;;;;;;;;;;;;;;;;;;;;;;;;;;;;;;;;;;;;;;;;;;;;;;;;;;;;;;;;;;;;;;;;;;;;;;;;;;;;;;;;;;;;;;;;;;;;;;;;;;;;;;;;;;;;;;;;;;/m0.........................................................................................................................................................................................................................................................................................................................................../s1/i35D,43D,48D;;;;;;;;;;;;;;;;;;;;;;;;;;;;;;;;;;;;;;;;;;;;;;;;;;;;;;;;;;;;;;;;;;;;;;;;;;;;;;;;;;;;;;;;;;;;;;;;;;;;;;;;;;;;;;;;;;;;;;;;;;;;;;;;;;;;;;;;;;;;;;;;;;;;;;;;;;;;;;;;;;;;;;;;;;;;;;;;;;;;;;;;;;;;;;;;;;;;;;;;;;;;;;;;;;;;;;;;;;;;;;;;;;;;;;;;;;;;;;;;;;;;;;;;;;;;;;;;;;;;;;;;;;;;;;;;;;;;;;;;;;;;;;;;;;;;;;;;;;;;;;;;;;;;;;;;;;;;;;;;;;;;;;;;;;;. The molecule has 1 amide bonds. The second-order valence-electron chi connectivity index (χ2n) is 24.2. The van der Waals surface area contributed by atoms with Gasteiger partial charge in [0.05, 0.1) is 38.4 Å². The summed E-state index contributed by atoms with van der Waals surface area (Å²) in [6.07, 6.45) is -0.304. The zero-order valence-corrected chi connectivity index (χ0v) is 49.9. The lowest BCUT2D eigenvalue weighted by Gasteiger charge is -2.55. The molecule has 0 aromatic carbocycles. The summed E-state index contributed by atoms with van der Waals surface area (Å²) < 4.78 is 75.6. The molecule has 13 nitrogen and oxygen atoms in total. The highest BCUT2D eigenvalue weighted by Gasteiger charge is 2.62. The number of aliphatic hydroxyl groups excluding tert-OH is 1. The van der Waals surface area contributed by atoms with Crippen molar-refractivity contribution in [3.8, 4) is 0 Å². The second-order valence-corrected chi connectivity index (χ2v) is 24.2. The smallest absolute Gasteiger partial charge is 0.329 e. The summed E-state index contributed by atoms with van der Waals surface area (Å²) in [5.41, 5.74) is -0.481. The minimum Gasteiger partial charge on any atom is -0.456 e. The number of rotatable bonds is 12. The predicted molar refractivity (Wildman–Crippen MR) is 991 cm³/mol. The number of allylic oxidation sites excluding steroid dienone is 4. The second kappa shape index (κ2) is 25.3. The SMILES string of the molecule is [2H]C1(C)C[C@@]2([2H])C(=O)O[C@H](/C(=C/[C@@H]3CC[C@@](C)(OC)[C@](C)(OC(C)C)C3C)C(C)C)[C@H](C)[C@@H](O)CC(=O)[C@H](CC=C)C(C)=C(C)C(C)[C@H](C)C(C)[C@H](OC)[C@H]3O[C@@](OC)(C(=O)C(=O)N2C([2H])(C)C1(C)C)[C@H](CC)C[C@@H]3OC.[HH].[HH].[HH].[HH].[HH].[HH].[HH].[HH].[HH].[HH].[HH].[HH].[HH].[HH].[HH].[HH].[HH].[HH].[HH].[HH].[HH].[HH].[HH].[HH].[HH].[HH].[HH].[HH].[HH].[HH].[HH].[HH].[HH].[HH].[HH].[HH].[HH].[HH].[HH].[HH].[HH].[HH].[HH].[HH].[HH].[HH].[HH].[HH].[HH].[HH].[HH].[HH].[HH].[HH].[HH].[HH].[HH].[HH].[HH].[HH].[HH].[HH].[HH].[HH].[HH].[HH].[HH].[HH].[HH].[HH].[HH].[HH].[HH].[HH].[HH].[HH].[HH].[HH].[HH].[HH].[HH].[HH].[HH].[HH].[HH].[HH].[HH].[HH].[HH].[HH].[HH].[HH].[HH].[HH].[HH].[HH].[HH].[HH].[HH].[HH].[HH].[HH].[HH].[HH].[HH].[HH].[HH].[HH].[HH].[HH].[HH].[HH].[HH].[HH].[HH].[HH].[HH].[HH].[HH].[HH].[HH].[HH].[HH].[HH].[HH].[HH].[HH].[HH].[HH].[HH].[HH].[HH].[HH].[HH].[HH].[HH].[HH].[HH].[HH].[HH].[HH].[HH].[HH].[HH].[HH].[HH].[HH].[HH].[HH].[HH].[HH].[HH].[HH].[HH].[HH].[HH].[HH].[HH].[HH].[HH].[HH].[HH].[HH].[HH].[HH].[HH].[HH].[HH].[HH].[HH].[HH].[HH].[HH].[HH].[HH].[HH].[HH].[HH].[HH].[HH].[HH].[HH].[HH].[HH].[HH].[HH].[HH].[HH].[HH].[HH].[HH].[HH].[HH].[HH].[HH].[HH].[HH].[HH].[HH].[HH].[HH].[HH].[HH].[HH].[HH].[HH].[HH].[HH].[HH].[HH].[HH].[HH].[HH].[HH].[HH].[HH].[HH].[HH].[HH].[HH].[HH].[HH].[HH].[HH].[HH].[HH].[HH].[HH].[HH].[HH].[HH].[HH].[HH].[HH].[HH].[HH].[HH].[HH].[HH].[HH].[HH].[HH].[HH].[HH].[HH].[HH].[HH].[HH].[HH].[HH].[HH].[HH].[HH].[HH].[HH].[HH].[HH].[HH].[HH].[HH].[HH].[HH].[HH].[HH].[HH].[HH].[HH].[HH].[HH].[HH].[HH].[HH].[HH].[HH].[HH].[HH].[HH].[HH].[HH].[HH].[HH].[HH].[HH].[HH].[HH].[HH].[HH].[HH].[HH].[HH].[HH].[HH].[HH].[HH].[HH].[HH].[HH].[HH].[HH].[HH].[HH].[HH].[HH].[HH].[HH].[HH].[HH].[HH].[HH].[HH].[HH].[HH].[HH].[HH].[HH].[HH].[HH].[HH].[HH].[HH].[HH].[HH].[HH].[HH].[HH].[HH].[HH].[HH].[HH].[HH].[HH]. The number of fused-ring (bicyclic) bond motifs is 3. The van der Waals surface area contributed by atoms with Gasteiger partial charge in [0.1, 0.15) is 24.0 Å². The first-order chi connectivity index (χ1) is 35.4. The number of piperidine rings is 1. The maximum Gasteiger partial charge on any atom is 0.329 e. The molecule has 0 radical (unpaired) electrons. The summed E-state index contributed by atoms with van der Waals surface area (Å²) in [6, 6.07) is -5.18. The molecule has 4 aliphatic rings. The third-order valence-corrected chi connectivity index (χ3v) is 19.7. The summed E-state index contributed by atoms with van der Waals surface area (Å²) >= 11 is 0. The lowest BCUT2D eigenvalue weighted by atomic mass is 9.62. The van der Waals surface area contributed by atoms with Crippen molar-refractivity contribution in [1.29, 1.82) is 0 Å². The highest BCUT2D eigenvalue weighted by molar-refractivity contribution is 6.39. The maximum atomic E-state index is 15.8. The maximum absolute atomic E-state index is 15.8. The third kappa shape index (κ3) is 12.1. The Morgan fingerprint density at radius 2 is 1.53 bits per heavy atom. The van der Waals surface area contributed by atoms with Crippen LogP contribution in [0.15, 0.2) is 35.5 Å². The first kappa shape index (κ1) is 58.9. The number of methoxy groups -OCH3 is 4. The molecule has 3 aliphatic heterocycles. The van der Waals surface area contributed by atoms with Gasteiger partial charge in [-0.1, -0.05) is 99.5 Å². The Morgan fingerprint density at radius 1 is 0.905 bits per heavy atom. The molecule has 0 aromatic rings. The fourth-order valence-electron chi connectivity index (χ4n) is 13.0. The van der Waals surface area contributed by atoms with Gasteiger partial charge in [-0.25, -0.2) is 4.79 Å². The number of esters is 1. The number of carbonyl (C=O) groups excluding carboxylic acids is 4. The molecule has 0 spiro atoms. The van der Waals surface area contributed by atoms with Gasteiger partial charge in [0.2, 0.25) is 5.79 Å². The third-order valence-electron chi connectivity index (χ3n) is 19.7. The highest BCUT2D eigenvalue weighted by atomic mass is 16.7. The number of hydrogen-bond acceptors (Lipinski definition) is 12. The van der Waals surface area contributed by atoms with Gasteiger partial charge in [-0.2, -0.15) is 0 Å². The average Bonchev–Trinajstić information content (AvgIpc) is 0.730. The molecule has 3 heterocycles. The van der Waals surface area contributed by atoms with Gasteiger partial charge in [0.15, 0.2) is 0 Å². The van der Waals surface area contributed by atoms with Crippen molar-refractivity contribution in [2.24, 2.45) is 64.6 Å². The van der Waals surface area contributed by atoms with E-state index in [-0.39, 0.29) is 539 Å². The molecule has 4 rings (SSSR count). The first-order valence-electron chi connectivity index (χ1n) is 29.2. The number of carbonyl (C=O) groups is 4. The number of aliphatic hydroxyl groups is 1. The Bertz CT molecular complexity index is 2450. The molecule has 0 aromatic heterocycles. The molecule has 1 saturated carbocycles. The van der Waals surface area contributed by atoms with Gasteiger partial charge < -0.3 is 43.2 Å². The van der Waals surface area contributed by atoms with Crippen LogP contribution in [0, 0.1) is 64.6 Å². The summed E-state index contributed by atoms with van der Waals surface area (Å²) in [6.45, 7) is 38.0. The van der Waals surface area contributed by atoms with Crippen LogP contribution in [0.25, 0.3) is 0 Å². The summed E-state index contributed by atoms with van der Waals surface area (Å²) in [5.74, 6) is -11.8. The van der Waals surface area contributed by atoms with Crippen LogP contribution in [0.4, 0.5) is 0 Å². The molecular formula is C61H765NO12. The summed E-state index contributed by atoms with van der Waals surface area (Å²) in [7, 11) is 6.09. The Kier molecular flexibility index (Phi) is 20.2. The normalized spacial score (nSPS) is 45.3. The van der Waals surface area contributed by atoms with Crippen LogP contribution in [-0.4, -0.2) is 128 Å². The van der Waals surface area contributed by atoms with E-state index in [0.29, 0.717) is 29.7 Å². The monoisotopic (exact) mass is 1710 g/mol. The van der Waals surface area contributed by atoms with Crippen LogP contribution >= 0.6 is 0 Å². The van der Waals surface area contributed by atoms with Crippen LogP contribution in [-0.2, 0) is 52.3 Å². The minimum absolute atomic E-state index is 0. The predicted octanol–water partition coefficient (Wildman–Crippen LogP) is 92.4. The van der Waals surface area contributed by atoms with Crippen molar-refractivity contribution in [1.82, 2.24) is 4.90 Å². The van der Waals surface area contributed by atoms with Crippen molar-refractivity contribution in [2.75, 3.05) is 28.4 Å². The number of amides is 1. The van der Waals surface area contributed by atoms with Crippen molar-refractivity contribution >= 4 is 23.4 Å². The molecule has 3 fully saturated rings. The van der Waals surface area contributed by atoms with E-state index in [2.05, 4.69) is 47.3 Å². The Labute approximate surface area is 943 Å².